The molecule has 0 aromatic carbocycles. The number of rotatable bonds is 8. The molecule has 16 rings (SSSR count). The fraction of sp³-hybridized carbons (Fsp3) is 0.905. The van der Waals surface area contributed by atoms with Gasteiger partial charge in [-0.25, -0.2) is 0 Å². The quantitative estimate of drug-likeness (QED) is 0.0719. The van der Waals surface area contributed by atoms with Crippen LogP contribution in [0.2, 0.25) is 0 Å². The van der Waals surface area contributed by atoms with E-state index in [1.807, 2.05) is 45.9 Å². The maximum absolute atomic E-state index is 13.5. The Morgan fingerprint density at radius 3 is 0.760 bits per heavy atom. The zero-order chi connectivity index (χ0) is 89.8. The fourth-order valence-electron chi connectivity index (χ4n) is 32.7. The van der Waals surface area contributed by atoms with Gasteiger partial charge in [-0.2, -0.15) is 79.0 Å². The highest BCUT2D eigenvalue weighted by molar-refractivity contribution is 5.54. The van der Waals surface area contributed by atoms with Crippen molar-refractivity contribution in [3.05, 3.63) is 46.6 Å². The Bertz CT molecular complexity index is 3590. The predicted octanol–water partition coefficient (Wildman–Crippen LogP) is 24.4. The van der Waals surface area contributed by atoms with E-state index in [4.69, 9.17) is 0 Å². The minimum atomic E-state index is -4.66. The highest BCUT2D eigenvalue weighted by Gasteiger charge is 2.70. The topological polar surface area (TPSA) is 159 Å². The number of allylic oxidation sites excluding steroid dienone is 4. The van der Waals surface area contributed by atoms with Crippen molar-refractivity contribution in [2.75, 3.05) is 0 Å². The Balaban J connectivity index is 0.000000140. The number of aliphatic hydroxyl groups excluding tert-OH is 3. The molecule has 0 aromatic rings. The van der Waals surface area contributed by atoms with Crippen molar-refractivity contribution in [1.82, 2.24) is 0 Å². The van der Waals surface area contributed by atoms with Gasteiger partial charge in [0.25, 0.3) is 0 Å². The Hall–Kier alpha value is -2.91. The van der Waals surface area contributed by atoms with Crippen molar-refractivity contribution >= 4 is 6.29 Å². The molecule has 12 saturated carbocycles. The van der Waals surface area contributed by atoms with Crippen LogP contribution in [0.3, 0.4) is 0 Å². The number of halogens is 18. The summed E-state index contributed by atoms with van der Waals surface area (Å²) >= 11 is 0. The SMILES string of the molecule is C[C@@H]([C@H]1CC[C@H]2[C@@H]3CC=C4C[C@](O)(C(F)(F)F)CC[C@]4(C)[C@H]3CC[C@]12C)[C@H](O)C(F)(F)F.C[C@H](C=O)[C@H]1CC[C@H]2[C@@H]3CC=C4C[C@@](C)(O)CC[C@]4(C)[C@H]3CC[C@]12C.C[C@H]([C@@H](O)C(F)(F)F)[C@H]1CC[C@H]2[C@@H]3CC=C4C[C@](O)(C(F)(F)F)CC[C@]4(C)[C@H]3CC[C@]12C.C[C@H]([C@@H](O)C(F)(F)F)[C@H]1CC[C@H]2[C@@H]3CC=C4C[C@](O)(C(F)(F)F)CC[C@]4(C)[C@H]3CC[C@]12C. The zero-order valence-electron chi connectivity index (χ0n) is 73.1. The Labute approximate surface area is 704 Å². The van der Waals surface area contributed by atoms with Crippen molar-refractivity contribution in [2.24, 2.45) is 162 Å². The van der Waals surface area contributed by atoms with Crippen LogP contribution in [-0.2, 0) is 4.79 Å². The molecule has 8 nitrogen and oxygen atoms in total. The monoisotopic (exact) mass is 1750 g/mol. The van der Waals surface area contributed by atoms with Gasteiger partial charge in [-0.05, 0) is 349 Å². The maximum atomic E-state index is 13.5. The van der Waals surface area contributed by atoms with Crippen LogP contribution in [0.4, 0.5) is 79.0 Å². The standard InChI is InChI=1S/3C24H34F6O2.C23H36O2/c3*1-13(19(31)23(25,26)27)16-6-7-17-15-5-4-14-12-22(32,24(28,29)30)11-10-20(14,2)18(15)8-9-21(16,17)3;1-15(14-24)18-7-8-19-17-6-5-16-13-21(2,25)11-12-22(16,3)20(17)9-10-23(18,19)4/h3*4,13,15-19,31-32H,5-12H2,1-3H3;5,14-15,17-20,25H,6-13H2,1-4H3/t2*13-,15-,16+,17-,18-,19+,20-,21+,22-;13-,15-,16+,17-,18-,19-,20-,21+,22-;15-,17+,18-,19+,20+,21+,22+,23-/m0001/s1. The molecule has 0 unspecified atom stereocenters. The molecule has 35 atom stereocenters. The minimum absolute atomic E-state index is 0.181. The van der Waals surface area contributed by atoms with Crippen LogP contribution in [-0.4, -0.2) is 120 Å². The molecular formula is C95H138F18O8. The largest absolute Gasteiger partial charge is 0.417 e. The minimum Gasteiger partial charge on any atom is -0.390 e. The first-order valence-electron chi connectivity index (χ1n) is 45.9. The summed E-state index contributed by atoms with van der Waals surface area (Å²) < 4.78 is 240. The van der Waals surface area contributed by atoms with Crippen LogP contribution in [0, 0.1) is 162 Å². The molecule has 7 N–H and O–H groups in total. The Morgan fingerprint density at radius 1 is 0.306 bits per heavy atom. The molecule has 121 heavy (non-hydrogen) atoms. The highest BCUT2D eigenvalue weighted by atomic mass is 19.4. The van der Waals surface area contributed by atoms with Crippen molar-refractivity contribution in [3.63, 3.8) is 0 Å². The summed E-state index contributed by atoms with van der Waals surface area (Å²) in [5.41, 5.74) is -6.35. The average molecular weight is 1750 g/mol. The van der Waals surface area contributed by atoms with Crippen LogP contribution in [0.5, 0.6) is 0 Å². The Morgan fingerprint density at radius 2 is 0.529 bits per heavy atom. The maximum Gasteiger partial charge on any atom is 0.417 e. The number of hydrogen-bond acceptors (Lipinski definition) is 8. The summed E-state index contributed by atoms with van der Waals surface area (Å²) in [6, 6.07) is 0. The third kappa shape index (κ3) is 15.9. The molecule has 26 heteroatoms. The van der Waals surface area contributed by atoms with E-state index in [1.54, 1.807) is 5.57 Å². The predicted molar refractivity (Wildman–Crippen MR) is 423 cm³/mol. The Kier molecular flexibility index (Phi) is 25.1. The molecule has 16 aliphatic rings. The number of fused-ring (bicyclic) bond motifs is 20. The summed E-state index contributed by atoms with van der Waals surface area (Å²) in [6.07, 6.45) is -6.84. The lowest BCUT2D eigenvalue weighted by Crippen LogP contribution is -2.56. The summed E-state index contributed by atoms with van der Waals surface area (Å²) in [7, 11) is 0. The second kappa shape index (κ2) is 31.7. The van der Waals surface area contributed by atoms with Crippen LogP contribution in [0.1, 0.15) is 295 Å². The molecule has 0 aromatic heterocycles. The van der Waals surface area contributed by atoms with E-state index in [-0.39, 0.29) is 151 Å². The van der Waals surface area contributed by atoms with E-state index in [2.05, 4.69) is 47.6 Å². The van der Waals surface area contributed by atoms with Gasteiger partial charge in [0, 0.05) is 25.2 Å². The lowest BCUT2D eigenvalue weighted by molar-refractivity contribution is -0.271. The number of aliphatic hydroxyl groups is 7. The van der Waals surface area contributed by atoms with Crippen molar-refractivity contribution in [2.45, 2.75) is 373 Å². The van der Waals surface area contributed by atoms with E-state index < -0.39 is 112 Å². The lowest BCUT2D eigenvalue weighted by atomic mass is 9.46. The molecule has 0 spiro atoms. The molecule has 692 valence electrons. The van der Waals surface area contributed by atoms with Crippen LogP contribution >= 0.6 is 0 Å². The number of carbonyl (C=O) groups is 1. The van der Waals surface area contributed by atoms with Crippen LogP contribution in [0.25, 0.3) is 0 Å². The van der Waals surface area contributed by atoms with Gasteiger partial charge in [0.2, 0.25) is 0 Å². The van der Waals surface area contributed by atoms with E-state index in [1.165, 1.54) is 59.2 Å². The van der Waals surface area contributed by atoms with Gasteiger partial charge in [0.05, 0.1) is 5.60 Å². The third-order valence-electron chi connectivity index (χ3n) is 40.0. The van der Waals surface area contributed by atoms with Gasteiger partial charge in [0.1, 0.15) is 6.29 Å². The first-order chi connectivity index (χ1) is 55.3. The van der Waals surface area contributed by atoms with Gasteiger partial charge in [-0.1, -0.05) is 130 Å². The molecular weight excluding hydrogens is 1610 g/mol. The van der Waals surface area contributed by atoms with E-state index >= 15 is 0 Å². The molecule has 0 saturated heterocycles. The third-order valence-corrected chi connectivity index (χ3v) is 40.0. The van der Waals surface area contributed by atoms with Crippen LogP contribution < -0.4 is 0 Å². The first-order valence-corrected chi connectivity index (χ1v) is 45.9. The van der Waals surface area contributed by atoms with Gasteiger partial charge < -0.3 is 40.5 Å². The molecule has 12 fully saturated rings. The summed E-state index contributed by atoms with van der Waals surface area (Å²) in [6.45, 7) is 25.9. The second-order valence-electron chi connectivity index (χ2n) is 45.3. The number of alkyl halides is 18. The first kappa shape index (κ1) is 95.7. The summed E-state index contributed by atoms with van der Waals surface area (Å²) in [5, 5.41) is 71.1. The normalized spacial score (nSPS) is 47.9. The highest BCUT2D eigenvalue weighted by Crippen LogP contribution is 2.75. The molecule has 0 radical (unpaired) electrons. The zero-order valence-corrected chi connectivity index (χ0v) is 73.1. The summed E-state index contributed by atoms with van der Waals surface area (Å²) in [5.74, 6) is 1.62. The molecule has 0 heterocycles. The van der Waals surface area contributed by atoms with Gasteiger partial charge >= 0.3 is 37.1 Å². The van der Waals surface area contributed by atoms with Crippen LogP contribution in [0.15, 0.2) is 46.6 Å². The molecule has 0 bridgehead atoms. The van der Waals surface area contributed by atoms with E-state index in [0.717, 1.165) is 94.8 Å². The molecule has 0 aliphatic heterocycles. The van der Waals surface area contributed by atoms with E-state index in [0.29, 0.717) is 72.0 Å². The summed E-state index contributed by atoms with van der Waals surface area (Å²) in [4.78, 5) is 11.5. The average Bonchev–Trinajstić information content (AvgIpc) is 1.70. The van der Waals surface area contributed by atoms with E-state index in [9.17, 15) is 120 Å². The van der Waals surface area contributed by atoms with Gasteiger partial charge in [-0.15, -0.1) is 0 Å². The fourth-order valence-corrected chi connectivity index (χ4v) is 32.7. The van der Waals surface area contributed by atoms with Crippen molar-refractivity contribution < 1.29 is 120 Å². The molecule has 16 aliphatic carbocycles. The number of aldehydes is 1. The van der Waals surface area contributed by atoms with Crippen molar-refractivity contribution in [3.8, 4) is 0 Å². The number of hydrogen-bond donors (Lipinski definition) is 7. The smallest absolute Gasteiger partial charge is 0.390 e. The lowest BCUT2D eigenvalue weighted by Gasteiger charge is -2.59. The molecule has 0 amide bonds. The second-order valence-corrected chi connectivity index (χ2v) is 45.3. The van der Waals surface area contributed by atoms with Gasteiger partial charge in [0.15, 0.2) is 35.1 Å². The number of carbonyl (C=O) groups excluding carboxylic acids is 1. The van der Waals surface area contributed by atoms with Crippen molar-refractivity contribution in [1.29, 1.82) is 0 Å². The van der Waals surface area contributed by atoms with Gasteiger partial charge in [-0.3, -0.25) is 0 Å².